The van der Waals surface area contributed by atoms with Crippen molar-refractivity contribution in [2.45, 2.75) is 24.6 Å². The standard InChI is InChI=1S/C5H13NO3S2/c1-4(6)5(10)2-3-11(7,8)9/h4-5,10H,2-3,6H2,1H3,(H,7,8,9). The van der Waals surface area contributed by atoms with Gasteiger partial charge in [-0.05, 0) is 13.3 Å². The summed E-state index contributed by atoms with van der Waals surface area (Å²) in [5.74, 6) is -0.275. The quantitative estimate of drug-likeness (QED) is 0.436. The van der Waals surface area contributed by atoms with E-state index in [0.29, 0.717) is 0 Å². The van der Waals surface area contributed by atoms with Crippen molar-refractivity contribution in [1.29, 1.82) is 0 Å². The zero-order chi connectivity index (χ0) is 9.07. The molecule has 0 saturated carbocycles. The molecule has 0 aromatic heterocycles. The summed E-state index contributed by atoms with van der Waals surface area (Å²) >= 11 is 4.04. The molecule has 11 heavy (non-hydrogen) atoms. The second-order valence-corrected chi connectivity index (χ2v) is 4.74. The molecule has 0 amide bonds. The van der Waals surface area contributed by atoms with Crippen molar-refractivity contribution in [3.05, 3.63) is 0 Å². The van der Waals surface area contributed by atoms with Gasteiger partial charge >= 0.3 is 0 Å². The maximum atomic E-state index is 10.2. The van der Waals surface area contributed by atoms with Crippen molar-refractivity contribution in [1.82, 2.24) is 0 Å². The fourth-order valence-corrected chi connectivity index (χ4v) is 1.39. The molecular weight excluding hydrogens is 186 g/mol. The van der Waals surface area contributed by atoms with Gasteiger partial charge < -0.3 is 5.73 Å². The lowest BCUT2D eigenvalue weighted by Crippen LogP contribution is -2.28. The van der Waals surface area contributed by atoms with E-state index >= 15 is 0 Å². The Balaban J connectivity index is 3.72. The summed E-state index contributed by atoms with van der Waals surface area (Å²) in [6, 6.07) is -0.167. The molecule has 0 radical (unpaired) electrons. The SMILES string of the molecule is CC(N)C(S)CCS(=O)(=O)O. The minimum absolute atomic E-state index is 0.167. The smallest absolute Gasteiger partial charge is 0.264 e. The van der Waals surface area contributed by atoms with Gasteiger partial charge in [-0.25, -0.2) is 0 Å². The Morgan fingerprint density at radius 3 is 2.36 bits per heavy atom. The van der Waals surface area contributed by atoms with Crippen LogP contribution in [0, 0.1) is 0 Å². The van der Waals surface area contributed by atoms with Crippen molar-refractivity contribution in [2.24, 2.45) is 5.73 Å². The molecule has 0 spiro atoms. The first-order valence-electron chi connectivity index (χ1n) is 3.22. The van der Waals surface area contributed by atoms with E-state index in [9.17, 15) is 8.42 Å². The molecule has 3 N–H and O–H groups in total. The molecule has 0 aliphatic heterocycles. The van der Waals surface area contributed by atoms with E-state index in [1.54, 1.807) is 6.92 Å². The molecule has 2 unspecified atom stereocenters. The summed E-state index contributed by atoms with van der Waals surface area (Å²) in [4.78, 5) is 0. The Bertz CT molecular complexity index is 200. The summed E-state index contributed by atoms with van der Waals surface area (Å²) in [7, 11) is -3.86. The summed E-state index contributed by atoms with van der Waals surface area (Å²) in [6.07, 6.45) is 0.277. The second-order valence-electron chi connectivity index (χ2n) is 2.50. The molecular formula is C5H13NO3S2. The fourth-order valence-electron chi connectivity index (χ4n) is 0.533. The third-order valence-corrected chi connectivity index (χ3v) is 2.76. The normalized spacial score (nSPS) is 17.8. The Hall–Kier alpha value is 0.220. The molecule has 0 aromatic carbocycles. The topological polar surface area (TPSA) is 80.4 Å². The molecule has 0 heterocycles. The second kappa shape index (κ2) is 4.30. The highest BCUT2D eigenvalue weighted by molar-refractivity contribution is 7.85. The molecule has 0 aliphatic carbocycles. The Labute approximate surface area is 72.3 Å². The predicted octanol–water partition coefficient (Wildman–Crippen LogP) is -0.0901. The Morgan fingerprint density at radius 1 is 1.64 bits per heavy atom. The largest absolute Gasteiger partial charge is 0.327 e. The molecule has 0 bridgehead atoms. The molecule has 6 heteroatoms. The zero-order valence-corrected chi connectivity index (χ0v) is 7.98. The van der Waals surface area contributed by atoms with Crippen LogP contribution in [0.15, 0.2) is 0 Å². The van der Waals surface area contributed by atoms with Crippen LogP contribution < -0.4 is 5.73 Å². The highest BCUT2D eigenvalue weighted by Crippen LogP contribution is 2.06. The van der Waals surface area contributed by atoms with E-state index in [1.807, 2.05) is 0 Å². The van der Waals surface area contributed by atoms with Gasteiger partial charge in [-0.15, -0.1) is 0 Å². The summed E-state index contributed by atoms with van der Waals surface area (Å²) in [5.41, 5.74) is 5.41. The van der Waals surface area contributed by atoms with Gasteiger partial charge in [0.2, 0.25) is 0 Å². The number of thiol groups is 1. The highest BCUT2D eigenvalue weighted by atomic mass is 32.2. The zero-order valence-electron chi connectivity index (χ0n) is 6.27. The Kier molecular flexibility index (Phi) is 4.38. The first-order chi connectivity index (χ1) is 4.83. The predicted molar refractivity (Wildman–Crippen MR) is 47.5 cm³/mol. The number of hydrogen-bond acceptors (Lipinski definition) is 4. The van der Waals surface area contributed by atoms with Gasteiger partial charge in [0, 0.05) is 11.3 Å². The van der Waals surface area contributed by atoms with Gasteiger partial charge in [0.1, 0.15) is 0 Å². The van der Waals surface area contributed by atoms with Crippen LogP contribution in [0.25, 0.3) is 0 Å². The van der Waals surface area contributed by atoms with Crippen LogP contribution in [0.2, 0.25) is 0 Å². The highest BCUT2D eigenvalue weighted by Gasteiger charge is 2.12. The summed E-state index contributed by atoms with van der Waals surface area (Å²) in [5, 5.41) is -0.183. The van der Waals surface area contributed by atoms with Crippen LogP contribution in [-0.2, 0) is 10.1 Å². The molecule has 0 saturated heterocycles. The van der Waals surface area contributed by atoms with Crippen molar-refractivity contribution in [3.63, 3.8) is 0 Å². The van der Waals surface area contributed by atoms with Crippen molar-refractivity contribution in [2.75, 3.05) is 5.75 Å². The van der Waals surface area contributed by atoms with Crippen LogP contribution in [0.5, 0.6) is 0 Å². The van der Waals surface area contributed by atoms with Crippen LogP contribution in [0.1, 0.15) is 13.3 Å². The third-order valence-electron chi connectivity index (χ3n) is 1.28. The van der Waals surface area contributed by atoms with Crippen LogP contribution in [0.4, 0.5) is 0 Å². The van der Waals surface area contributed by atoms with Gasteiger partial charge in [-0.2, -0.15) is 21.0 Å². The monoisotopic (exact) mass is 199 g/mol. The van der Waals surface area contributed by atoms with Gasteiger partial charge in [0.15, 0.2) is 0 Å². The summed E-state index contributed by atoms with van der Waals surface area (Å²) in [6.45, 7) is 1.74. The van der Waals surface area contributed by atoms with E-state index < -0.39 is 10.1 Å². The lowest BCUT2D eigenvalue weighted by molar-refractivity contribution is 0.479. The summed E-state index contributed by atoms with van der Waals surface area (Å²) < 4.78 is 28.8. The van der Waals surface area contributed by atoms with E-state index in [4.69, 9.17) is 10.3 Å². The van der Waals surface area contributed by atoms with E-state index in [0.717, 1.165) is 0 Å². The van der Waals surface area contributed by atoms with E-state index in [2.05, 4.69) is 12.6 Å². The van der Waals surface area contributed by atoms with Gasteiger partial charge in [0.25, 0.3) is 10.1 Å². The molecule has 0 rings (SSSR count). The first-order valence-corrected chi connectivity index (χ1v) is 5.34. The average Bonchev–Trinajstić information content (AvgIpc) is 1.80. The van der Waals surface area contributed by atoms with Crippen LogP contribution in [0.3, 0.4) is 0 Å². The van der Waals surface area contributed by atoms with Gasteiger partial charge in [-0.3, -0.25) is 4.55 Å². The Morgan fingerprint density at radius 2 is 2.09 bits per heavy atom. The maximum Gasteiger partial charge on any atom is 0.264 e. The molecule has 0 aliphatic rings. The molecule has 0 aromatic rings. The lowest BCUT2D eigenvalue weighted by atomic mass is 10.2. The molecule has 4 nitrogen and oxygen atoms in total. The van der Waals surface area contributed by atoms with E-state index in [-0.39, 0.29) is 23.5 Å². The van der Waals surface area contributed by atoms with E-state index in [1.165, 1.54) is 0 Å². The van der Waals surface area contributed by atoms with Crippen molar-refractivity contribution >= 4 is 22.7 Å². The lowest BCUT2D eigenvalue weighted by Gasteiger charge is -2.12. The molecule has 68 valence electrons. The fraction of sp³-hybridized carbons (Fsp3) is 1.00. The van der Waals surface area contributed by atoms with Crippen LogP contribution >= 0.6 is 12.6 Å². The third kappa shape index (κ3) is 6.61. The van der Waals surface area contributed by atoms with Crippen molar-refractivity contribution < 1.29 is 13.0 Å². The number of rotatable bonds is 4. The first kappa shape index (κ1) is 11.2. The van der Waals surface area contributed by atoms with Crippen molar-refractivity contribution in [3.8, 4) is 0 Å². The minimum Gasteiger partial charge on any atom is -0.327 e. The minimum atomic E-state index is -3.86. The van der Waals surface area contributed by atoms with Gasteiger partial charge in [0.05, 0.1) is 5.75 Å². The number of nitrogens with two attached hydrogens (primary N) is 1. The molecule has 2 atom stereocenters. The maximum absolute atomic E-state index is 10.2. The van der Waals surface area contributed by atoms with Gasteiger partial charge in [-0.1, -0.05) is 0 Å². The van der Waals surface area contributed by atoms with Crippen LogP contribution in [-0.4, -0.2) is 30.0 Å². The number of hydrogen-bond donors (Lipinski definition) is 3. The average molecular weight is 199 g/mol. The molecule has 0 fully saturated rings.